The summed E-state index contributed by atoms with van der Waals surface area (Å²) in [6.45, 7) is 2.32. The van der Waals surface area contributed by atoms with Gasteiger partial charge in [0.1, 0.15) is 10.8 Å². The molecule has 0 radical (unpaired) electrons. The summed E-state index contributed by atoms with van der Waals surface area (Å²) in [5, 5.41) is 6.15. The maximum Gasteiger partial charge on any atom is 0.433 e. The lowest BCUT2D eigenvalue weighted by Crippen LogP contribution is -2.25. The van der Waals surface area contributed by atoms with E-state index in [1.165, 1.54) is 7.11 Å². The molecule has 0 fully saturated rings. The van der Waals surface area contributed by atoms with Crippen molar-refractivity contribution in [2.24, 2.45) is 0 Å². The van der Waals surface area contributed by atoms with Crippen molar-refractivity contribution in [1.82, 2.24) is 19.9 Å². The maximum absolute atomic E-state index is 13.7. The van der Waals surface area contributed by atoms with Crippen molar-refractivity contribution in [3.05, 3.63) is 46.7 Å². The van der Waals surface area contributed by atoms with Crippen LogP contribution in [0.2, 0.25) is 5.02 Å². The SMILES string of the molecule is CCCCNC(=O)c1nn2c(C(F)(F)F)cc(-c3cccc(OC)c3)nc2c1Cl. The second-order valence-electron chi connectivity index (χ2n) is 6.26. The summed E-state index contributed by atoms with van der Waals surface area (Å²) >= 11 is 6.21. The Hall–Kier alpha value is -2.81. The average Bonchev–Trinajstić information content (AvgIpc) is 3.03. The predicted octanol–water partition coefficient (Wildman–Crippen LogP) is 4.61. The van der Waals surface area contributed by atoms with Gasteiger partial charge in [0.15, 0.2) is 17.0 Å². The van der Waals surface area contributed by atoms with E-state index >= 15 is 0 Å². The van der Waals surface area contributed by atoms with Gasteiger partial charge in [0, 0.05) is 12.1 Å². The number of amides is 1. The monoisotopic (exact) mass is 426 g/mol. The number of benzene rings is 1. The highest BCUT2D eigenvalue weighted by Gasteiger charge is 2.36. The fourth-order valence-electron chi connectivity index (χ4n) is 2.73. The lowest BCUT2D eigenvalue weighted by atomic mass is 10.1. The van der Waals surface area contributed by atoms with Gasteiger partial charge in [-0.3, -0.25) is 4.79 Å². The second kappa shape index (κ2) is 8.28. The molecule has 0 aliphatic rings. The molecule has 0 aliphatic carbocycles. The van der Waals surface area contributed by atoms with Crippen molar-refractivity contribution in [3.63, 3.8) is 0 Å². The van der Waals surface area contributed by atoms with Gasteiger partial charge in [-0.15, -0.1) is 0 Å². The Morgan fingerprint density at radius 3 is 2.72 bits per heavy atom. The number of rotatable bonds is 6. The van der Waals surface area contributed by atoms with E-state index in [-0.39, 0.29) is 22.1 Å². The molecule has 0 spiro atoms. The van der Waals surface area contributed by atoms with E-state index in [2.05, 4.69) is 15.4 Å². The molecule has 1 amide bonds. The molecule has 0 aliphatic heterocycles. The molecule has 0 bridgehead atoms. The largest absolute Gasteiger partial charge is 0.497 e. The number of hydrogen-bond donors (Lipinski definition) is 1. The third kappa shape index (κ3) is 4.29. The number of fused-ring (bicyclic) bond motifs is 1. The van der Waals surface area contributed by atoms with E-state index in [1.807, 2.05) is 6.92 Å². The van der Waals surface area contributed by atoms with Crippen molar-refractivity contribution in [2.75, 3.05) is 13.7 Å². The van der Waals surface area contributed by atoms with Gasteiger partial charge in [0.05, 0.1) is 12.8 Å². The van der Waals surface area contributed by atoms with Crippen molar-refractivity contribution in [2.45, 2.75) is 25.9 Å². The quantitative estimate of drug-likeness (QED) is 0.584. The van der Waals surface area contributed by atoms with Gasteiger partial charge in [-0.1, -0.05) is 37.1 Å². The van der Waals surface area contributed by atoms with Gasteiger partial charge in [-0.05, 0) is 24.6 Å². The van der Waals surface area contributed by atoms with E-state index in [1.54, 1.807) is 24.3 Å². The smallest absolute Gasteiger partial charge is 0.433 e. The van der Waals surface area contributed by atoms with Crippen LogP contribution in [0.25, 0.3) is 16.9 Å². The standard InChI is InChI=1S/C19H18ClF3N4O2/c1-3-4-8-24-18(28)16-15(20)17-25-13(11-6-5-7-12(9-11)29-2)10-14(19(21,22)23)27(17)26-16/h5-7,9-10H,3-4,8H2,1-2H3,(H,24,28). The molecule has 0 saturated heterocycles. The highest BCUT2D eigenvalue weighted by molar-refractivity contribution is 6.36. The average molecular weight is 427 g/mol. The zero-order valence-electron chi connectivity index (χ0n) is 15.7. The van der Waals surface area contributed by atoms with Gasteiger partial charge in [-0.25, -0.2) is 9.50 Å². The van der Waals surface area contributed by atoms with Crippen LogP contribution in [0.3, 0.4) is 0 Å². The molecule has 2 heterocycles. The van der Waals surface area contributed by atoms with E-state index in [9.17, 15) is 18.0 Å². The van der Waals surface area contributed by atoms with Gasteiger partial charge in [0.2, 0.25) is 0 Å². The van der Waals surface area contributed by atoms with E-state index in [0.717, 1.165) is 18.9 Å². The van der Waals surface area contributed by atoms with E-state index in [4.69, 9.17) is 16.3 Å². The number of halogens is 4. The van der Waals surface area contributed by atoms with Crippen molar-refractivity contribution in [1.29, 1.82) is 0 Å². The predicted molar refractivity (Wildman–Crippen MR) is 102 cm³/mol. The highest BCUT2D eigenvalue weighted by Crippen LogP contribution is 2.35. The molecule has 0 unspecified atom stereocenters. The molecule has 1 aromatic carbocycles. The van der Waals surface area contributed by atoms with Crippen LogP contribution < -0.4 is 10.1 Å². The molecular formula is C19H18ClF3N4O2. The van der Waals surface area contributed by atoms with Crippen molar-refractivity contribution < 1.29 is 22.7 Å². The zero-order chi connectivity index (χ0) is 21.2. The number of nitrogens with one attached hydrogen (secondary N) is 1. The Kier molecular flexibility index (Phi) is 5.97. The van der Waals surface area contributed by atoms with Crippen LogP contribution >= 0.6 is 11.6 Å². The molecule has 2 aromatic heterocycles. The molecule has 3 rings (SSSR count). The minimum Gasteiger partial charge on any atom is -0.497 e. The molecule has 6 nitrogen and oxygen atoms in total. The molecule has 0 atom stereocenters. The minimum absolute atomic E-state index is 0.0310. The van der Waals surface area contributed by atoms with Crippen LogP contribution in [0.15, 0.2) is 30.3 Å². The summed E-state index contributed by atoms with van der Waals surface area (Å²) < 4.78 is 46.8. The summed E-state index contributed by atoms with van der Waals surface area (Å²) in [6.07, 6.45) is -3.16. The Labute approximate surface area is 169 Å². The van der Waals surface area contributed by atoms with E-state index < -0.39 is 17.8 Å². The van der Waals surface area contributed by atoms with Crippen LogP contribution in [0.1, 0.15) is 35.9 Å². The fraction of sp³-hybridized carbons (Fsp3) is 0.316. The summed E-state index contributed by atoms with van der Waals surface area (Å²) in [4.78, 5) is 16.5. The van der Waals surface area contributed by atoms with Gasteiger partial charge in [-0.2, -0.15) is 18.3 Å². The Morgan fingerprint density at radius 1 is 1.31 bits per heavy atom. The highest BCUT2D eigenvalue weighted by atomic mass is 35.5. The Balaban J connectivity index is 2.16. The number of hydrogen-bond acceptors (Lipinski definition) is 4. The molecule has 154 valence electrons. The first-order chi connectivity index (χ1) is 13.8. The zero-order valence-corrected chi connectivity index (χ0v) is 16.4. The molecular weight excluding hydrogens is 409 g/mol. The number of methoxy groups -OCH3 is 1. The Bertz CT molecular complexity index is 1050. The molecule has 10 heteroatoms. The summed E-state index contributed by atoms with van der Waals surface area (Å²) in [5.74, 6) is -0.182. The van der Waals surface area contributed by atoms with E-state index in [0.29, 0.717) is 22.4 Å². The normalized spacial score (nSPS) is 11.7. The molecule has 3 aromatic rings. The van der Waals surface area contributed by atoms with Crippen LogP contribution in [0.4, 0.5) is 13.2 Å². The summed E-state index contributed by atoms with van der Waals surface area (Å²) in [6, 6.07) is 7.32. The summed E-state index contributed by atoms with van der Waals surface area (Å²) in [5.41, 5.74) is -1.20. The minimum atomic E-state index is -4.74. The number of carbonyl (C=O) groups is 1. The number of unbranched alkanes of at least 4 members (excludes halogenated alkanes) is 1. The first-order valence-electron chi connectivity index (χ1n) is 8.85. The number of alkyl halides is 3. The van der Waals surface area contributed by atoms with Crippen LogP contribution in [-0.2, 0) is 6.18 Å². The van der Waals surface area contributed by atoms with Crippen LogP contribution in [-0.4, -0.2) is 34.2 Å². The lowest BCUT2D eigenvalue weighted by Gasteiger charge is -2.11. The van der Waals surface area contributed by atoms with Crippen LogP contribution in [0, 0.1) is 0 Å². The summed E-state index contributed by atoms with van der Waals surface area (Å²) in [7, 11) is 1.45. The van der Waals surface area contributed by atoms with Gasteiger partial charge in [0.25, 0.3) is 5.91 Å². The fourth-order valence-corrected chi connectivity index (χ4v) is 2.98. The lowest BCUT2D eigenvalue weighted by molar-refractivity contribution is -0.142. The number of carbonyl (C=O) groups excluding carboxylic acids is 1. The molecule has 29 heavy (non-hydrogen) atoms. The topological polar surface area (TPSA) is 68.5 Å². The number of nitrogens with zero attached hydrogens (tertiary/aromatic N) is 3. The van der Waals surface area contributed by atoms with Crippen LogP contribution in [0.5, 0.6) is 5.75 Å². The van der Waals surface area contributed by atoms with Crippen molar-refractivity contribution in [3.8, 4) is 17.0 Å². The number of aromatic nitrogens is 3. The molecule has 1 N–H and O–H groups in total. The van der Waals surface area contributed by atoms with Gasteiger partial charge >= 0.3 is 6.18 Å². The maximum atomic E-state index is 13.7. The third-order valence-electron chi connectivity index (χ3n) is 4.22. The third-order valence-corrected chi connectivity index (χ3v) is 4.57. The molecule has 0 saturated carbocycles. The second-order valence-corrected chi connectivity index (χ2v) is 6.64. The van der Waals surface area contributed by atoms with Crippen molar-refractivity contribution >= 4 is 23.2 Å². The van der Waals surface area contributed by atoms with Gasteiger partial charge < -0.3 is 10.1 Å². The number of ether oxygens (including phenoxy) is 1. The Morgan fingerprint density at radius 2 is 2.07 bits per heavy atom. The first kappa shape index (κ1) is 20.9. The first-order valence-corrected chi connectivity index (χ1v) is 9.23.